The monoisotopic (exact) mass is 380 g/mol. The van der Waals surface area contributed by atoms with Gasteiger partial charge in [0.1, 0.15) is 17.2 Å². The number of nitrogens with zero attached hydrogens (tertiary/aromatic N) is 2. The first kappa shape index (κ1) is 17.4. The van der Waals surface area contributed by atoms with Crippen LogP contribution in [0.2, 0.25) is 0 Å². The predicted molar refractivity (Wildman–Crippen MR) is 89.4 cm³/mol. The van der Waals surface area contributed by atoms with Gasteiger partial charge in [-0.2, -0.15) is 26.3 Å². The van der Waals surface area contributed by atoms with Crippen molar-refractivity contribution in [1.82, 2.24) is 4.98 Å². The Bertz CT molecular complexity index is 1050. The summed E-state index contributed by atoms with van der Waals surface area (Å²) >= 11 is 0. The van der Waals surface area contributed by atoms with Crippen molar-refractivity contribution in [3.05, 3.63) is 71.6 Å². The summed E-state index contributed by atoms with van der Waals surface area (Å²) < 4.78 is 81.1. The molecule has 0 saturated carbocycles. The average Bonchev–Trinajstić information content (AvgIpc) is 2.60. The zero-order valence-electron chi connectivity index (χ0n) is 13.4. The van der Waals surface area contributed by atoms with Crippen molar-refractivity contribution < 1.29 is 26.3 Å². The van der Waals surface area contributed by atoms with E-state index in [1.807, 2.05) is 0 Å². The highest BCUT2D eigenvalue weighted by Crippen LogP contribution is 2.46. The Kier molecular flexibility index (Phi) is 3.69. The number of benzene rings is 2. The molecule has 8 heteroatoms. The van der Waals surface area contributed by atoms with E-state index in [2.05, 4.69) is 4.98 Å². The Hall–Kier alpha value is -3.03. The molecule has 0 fully saturated rings. The number of hydrogen-bond acceptors (Lipinski definition) is 2. The van der Waals surface area contributed by atoms with Crippen molar-refractivity contribution in [3.63, 3.8) is 0 Å². The van der Waals surface area contributed by atoms with E-state index < -0.39 is 29.6 Å². The highest BCUT2D eigenvalue weighted by Gasteiger charge is 2.43. The van der Waals surface area contributed by atoms with E-state index in [0.717, 1.165) is 17.0 Å². The number of aromatic nitrogens is 1. The lowest BCUT2D eigenvalue weighted by atomic mass is 9.99. The highest BCUT2D eigenvalue weighted by molar-refractivity contribution is 6.04. The quantitative estimate of drug-likeness (QED) is 0.460. The predicted octanol–water partition coefficient (Wildman–Crippen LogP) is 6.31. The van der Waals surface area contributed by atoms with E-state index in [4.69, 9.17) is 0 Å². The van der Waals surface area contributed by atoms with Gasteiger partial charge in [-0.3, -0.25) is 4.90 Å². The first-order valence-electron chi connectivity index (χ1n) is 7.81. The number of rotatable bonds is 1. The van der Waals surface area contributed by atoms with Crippen LogP contribution in [0.25, 0.3) is 16.8 Å². The third-order valence-electron chi connectivity index (χ3n) is 4.21. The molecule has 138 valence electrons. The summed E-state index contributed by atoms with van der Waals surface area (Å²) in [4.78, 5) is 4.31. The van der Waals surface area contributed by atoms with E-state index in [9.17, 15) is 26.3 Å². The molecule has 3 aromatic rings. The Morgan fingerprint density at radius 2 is 1.48 bits per heavy atom. The molecule has 0 bridgehead atoms. The molecular weight excluding hydrogens is 370 g/mol. The van der Waals surface area contributed by atoms with Crippen LogP contribution >= 0.6 is 0 Å². The zero-order valence-corrected chi connectivity index (χ0v) is 13.4. The lowest BCUT2D eigenvalue weighted by molar-refractivity contribution is -0.141. The van der Waals surface area contributed by atoms with Crippen LogP contribution in [0.4, 0.5) is 37.8 Å². The third kappa shape index (κ3) is 2.90. The second-order valence-corrected chi connectivity index (χ2v) is 5.97. The lowest BCUT2D eigenvalue weighted by Crippen LogP contribution is -2.31. The van der Waals surface area contributed by atoms with Gasteiger partial charge in [-0.05, 0) is 35.2 Å². The summed E-state index contributed by atoms with van der Waals surface area (Å²) in [5.74, 6) is -0.392. The molecule has 1 aliphatic heterocycles. The minimum atomic E-state index is -4.79. The second-order valence-electron chi connectivity index (χ2n) is 5.97. The van der Waals surface area contributed by atoms with E-state index in [-0.39, 0.29) is 22.0 Å². The molecule has 2 aromatic carbocycles. The van der Waals surface area contributed by atoms with Gasteiger partial charge in [0.25, 0.3) is 0 Å². The number of halogens is 6. The van der Waals surface area contributed by atoms with Crippen LogP contribution in [-0.4, -0.2) is 11.2 Å². The van der Waals surface area contributed by atoms with E-state index in [0.29, 0.717) is 0 Å². The van der Waals surface area contributed by atoms with E-state index >= 15 is 0 Å². The summed E-state index contributed by atoms with van der Waals surface area (Å²) in [5.41, 5.74) is -2.10. The fraction of sp³-hybridized carbons (Fsp3) is 0.105. The first-order valence-corrected chi connectivity index (χ1v) is 7.81. The second kappa shape index (κ2) is 5.73. The Morgan fingerprint density at radius 3 is 2.11 bits per heavy atom. The molecular formula is C19H10F6N2. The molecule has 0 spiro atoms. The number of pyridine rings is 1. The first-order chi connectivity index (χ1) is 12.7. The SMILES string of the molecule is FC(F)(F)C1=Cc2cccc3cc(C(F)(F)F)nc(c23)N1c1ccccc1. The molecule has 1 aliphatic rings. The molecule has 0 radical (unpaired) electrons. The van der Waals surface area contributed by atoms with Crippen LogP contribution < -0.4 is 4.90 Å². The number of allylic oxidation sites excluding steroid dienone is 1. The summed E-state index contributed by atoms with van der Waals surface area (Å²) in [6.45, 7) is 0. The largest absolute Gasteiger partial charge is 0.433 e. The third-order valence-corrected chi connectivity index (χ3v) is 4.21. The van der Waals surface area contributed by atoms with Gasteiger partial charge in [0.2, 0.25) is 0 Å². The van der Waals surface area contributed by atoms with Crippen molar-refractivity contribution in [3.8, 4) is 0 Å². The molecule has 4 rings (SSSR count). The normalized spacial score (nSPS) is 14.4. The van der Waals surface area contributed by atoms with Crippen LogP contribution in [0.15, 0.2) is 60.3 Å². The van der Waals surface area contributed by atoms with Crippen LogP contribution in [0.1, 0.15) is 11.3 Å². The van der Waals surface area contributed by atoms with Gasteiger partial charge in [-0.25, -0.2) is 4.98 Å². The van der Waals surface area contributed by atoms with Crippen LogP contribution in [0.3, 0.4) is 0 Å². The van der Waals surface area contributed by atoms with Crippen molar-refractivity contribution >= 4 is 28.4 Å². The minimum absolute atomic E-state index is 0.0729. The van der Waals surface area contributed by atoms with E-state index in [1.165, 1.54) is 42.5 Å². The van der Waals surface area contributed by atoms with Crippen molar-refractivity contribution in [2.24, 2.45) is 0 Å². The molecule has 0 saturated heterocycles. The topological polar surface area (TPSA) is 16.1 Å². The number of para-hydroxylation sites is 1. The highest BCUT2D eigenvalue weighted by atomic mass is 19.4. The van der Waals surface area contributed by atoms with Gasteiger partial charge in [0.15, 0.2) is 0 Å². The Balaban J connectivity index is 2.10. The standard InChI is InChI=1S/C19H10F6N2/c20-18(21,22)14-9-11-5-4-6-12-10-15(19(23,24)25)27(17(26-14)16(11)12)13-7-2-1-3-8-13/h1-10H. The lowest BCUT2D eigenvalue weighted by Gasteiger charge is -2.32. The molecule has 0 unspecified atom stereocenters. The number of alkyl halides is 6. The van der Waals surface area contributed by atoms with Gasteiger partial charge in [0.05, 0.1) is 0 Å². The molecule has 27 heavy (non-hydrogen) atoms. The maximum atomic E-state index is 13.7. The summed E-state index contributed by atoms with van der Waals surface area (Å²) in [6.07, 6.45) is -8.65. The fourth-order valence-electron chi connectivity index (χ4n) is 3.12. The van der Waals surface area contributed by atoms with Gasteiger partial charge in [-0.1, -0.05) is 36.4 Å². The molecule has 0 aliphatic carbocycles. The maximum absolute atomic E-state index is 13.7. The molecule has 2 nitrogen and oxygen atoms in total. The molecule has 0 N–H and O–H groups in total. The zero-order chi connectivity index (χ0) is 19.4. The van der Waals surface area contributed by atoms with Gasteiger partial charge in [-0.15, -0.1) is 0 Å². The van der Waals surface area contributed by atoms with Gasteiger partial charge in [0, 0.05) is 11.1 Å². The Morgan fingerprint density at radius 1 is 0.778 bits per heavy atom. The summed E-state index contributed by atoms with van der Waals surface area (Å²) in [5, 5.41) is 0.408. The van der Waals surface area contributed by atoms with Crippen molar-refractivity contribution in [2.75, 3.05) is 4.90 Å². The van der Waals surface area contributed by atoms with Crippen LogP contribution in [0.5, 0.6) is 0 Å². The Labute approximate surface area is 149 Å². The molecule has 2 heterocycles. The van der Waals surface area contributed by atoms with Crippen LogP contribution in [-0.2, 0) is 6.18 Å². The van der Waals surface area contributed by atoms with E-state index in [1.54, 1.807) is 6.07 Å². The maximum Gasteiger partial charge on any atom is 0.433 e. The minimum Gasteiger partial charge on any atom is -0.290 e. The molecule has 0 amide bonds. The molecule has 1 aromatic heterocycles. The fourth-order valence-corrected chi connectivity index (χ4v) is 3.12. The van der Waals surface area contributed by atoms with Crippen molar-refractivity contribution in [2.45, 2.75) is 12.4 Å². The summed E-state index contributed by atoms with van der Waals surface area (Å²) in [7, 11) is 0. The number of anilines is 2. The average molecular weight is 380 g/mol. The smallest absolute Gasteiger partial charge is 0.290 e. The number of hydrogen-bond donors (Lipinski definition) is 0. The van der Waals surface area contributed by atoms with Crippen LogP contribution in [0, 0.1) is 0 Å². The summed E-state index contributed by atoms with van der Waals surface area (Å²) in [6, 6.07) is 12.5. The van der Waals surface area contributed by atoms with Gasteiger partial charge < -0.3 is 0 Å². The van der Waals surface area contributed by atoms with Gasteiger partial charge >= 0.3 is 12.4 Å². The molecule has 0 atom stereocenters. The van der Waals surface area contributed by atoms with Crippen molar-refractivity contribution in [1.29, 1.82) is 0 Å².